The Morgan fingerprint density at radius 2 is 2.00 bits per heavy atom. The molecule has 1 aromatic heterocycles. The number of sulfonamides is 1. The van der Waals surface area contributed by atoms with Crippen LogP contribution in [0.1, 0.15) is 19.3 Å². The van der Waals surface area contributed by atoms with E-state index in [9.17, 15) is 18.0 Å². The number of carbonyl (C=O) groups excluding carboxylic acids is 1. The van der Waals surface area contributed by atoms with Gasteiger partial charge in [0.15, 0.2) is 0 Å². The molecule has 1 amide bonds. The average molecular weight is 397 g/mol. The number of aromatic nitrogens is 1. The van der Waals surface area contributed by atoms with Crippen molar-refractivity contribution in [2.24, 2.45) is 5.41 Å². The van der Waals surface area contributed by atoms with Crippen LogP contribution < -0.4 is 5.56 Å². The number of rotatable bonds is 5. The van der Waals surface area contributed by atoms with Crippen LogP contribution in [0, 0.1) is 5.41 Å². The molecule has 0 radical (unpaired) electrons. The summed E-state index contributed by atoms with van der Waals surface area (Å²) in [4.78, 5) is 26.1. The van der Waals surface area contributed by atoms with Gasteiger partial charge in [-0.3, -0.25) is 9.59 Å². The van der Waals surface area contributed by atoms with E-state index in [1.807, 2.05) is 0 Å². The van der Waals surface area contributed by atoms with Crippen molar-refractivity contribution in [2.45, 2.75) is 31.8 Å². The topological polar surface area (TPSA) is 88.9 Å². The number of likely N-dealkylation sites (tertiary alicyclic amines) is 1. The van der Waals surface area contributed by atoms with E-state index in [4.69, 9.17) is 4.74 Å². The lowest BCUT2D eigenvalue weighted by atomic mass is 9.76. The molecule has 3 rings (SSSR count). The van der Waals surface area contributed by atoms with Crippen molar-refractivity contribution in [3.63, 3.8) is 0 Å². The van der Waals surface area contributed by atoms with Crippen molar-refractivity contribution in [2.75, 3.05) is 39.6 Å². The third kappa shape index (κ3) is 4.41. The molecule has 0 bridgehead atoms. The van der Waals surface area contributed by atoms with Gasteiger partial charge in [0.1, 0.15) is 6.54 Å². The summed E-state index contributed by atoms with van der Waals surface area (Å²) in [6.45, 7) is 2.07. The minimum absolute atomic E-state index is 0.0361. The Kier molecular flexibility index (Phi) is 5.73. The highest BCUT2D eigenvalue weighted by atomic mass is 32.2. The molecule has 2 fully saturated rings. The zero-order valence-electron chi connectivity index (χ0n) is 15.8. The second-order valence-corrected chi connectivity index (χ2v) is 9.60. The Labute approximate surface area is 159 Å². The largest absolute Gasteiger partial charge is 0.383 e. The minimum Gasteiger partial charge on any atom is -0.383 e. The third-order valence-corrected chi connectivity index (χ3v) is 7.01. The van der Waals surface area contributed by atoms with Crippen molar-refractivity contribution in [3.8, 4) is 0 Å². The number of carbonyl (C=O) groups is 1. The summed E-state index contributed by atoms with van der Waals surface area (Å²) >= 11 is 0. The summed E-state index contributed by atoms with van der Waals surface area (Å²) in [5.74, 6) is -0.0791. The fraction of sp³-hybridized carbons (Fsp3) is 0.667. The summed E-state index contributed by atoms with van der Waals surface area (Å²) in [6.07, 6.45) is 5.13. The fourth-order valence-corrected chi connectivity index (χ4v) is 5.46. The average Bonchev–Trinajstić information content (AvgIpc) is 2.96. The molecule has 0 saturated carbocycles. The van der Waals surface area contributed by atoms with Gasteiger partial charge in [-0.2, -0.15) is 4.31 Å². The summed E-state index contributed by atoms with van der Waals surface area (Å²) in [6, 6.07) is 4.67. The van der Waals surface area contributed by atoms with Crippen LogP contribution in [0.25, 0.3) is 0 Å². The van der Waals surface area contributed by atoms with Crippen LogP contribution >= 0.6 is 0 Å². The van der Waals surface area contributed by atoms with Crippen molar-refractivity contribution in [1.82, 2.24) is 13.8 Å². The van der Waals surface area contributed by atoms with Crippen molar-refractivity contribution in [3.05, 3.63) is 34.7 Å². The third-order valence-electron chi connectivity index (χ3n) is 5.73. The Hall–Kier alpha value is -1.71. The van der Waals surface area contributed by atoms with E-state index < -0.39 is 10.0 Å². The van der Waals surface area contributed by atoms with E-state index >= 15 is 0 Å². The maximum Gasteiger partial charge on any atom is 0.250 e. The standard InChI is InChI=1S/C18H27N3O5S/c1-26-13-15-11-18(14-21(15)27(2,24)25)6-9-19(10-7-18)17(23)12-20-8-4-3-5-16(20)22/h3-5,8,15H,6-7,9-14H2,1-2H3. The molecule has 2 aliphatic heterocycles. The Bertz CT molecular complexity index is 843. The molecule has 2 aliphatic rings. The van der Waals surface area contributed by atoms with Gasteiger partial charge in [-0.1, -0.05) is 6.07 Å². The van der Waals surface area contributed by atoms with Gasteiger partial charge in [0.25, 0.3) is 5.56 Å². The van der Waals surface area contributed by atoms with E-state index in [0.29, 0.717) is 26.2 Å². The van der Waals surface area contributed by atoms with Gasteiger partial charge >= 0.3 is 0 Å². The highest BCUT2D eigenvalue weighted by molar-refractivity contribution is 7.88. The van der Waals surface area contributed by atoms with Gasteiger partial charge in [0.05, 0.1) is 12.9 Å². The normalized spacial score (nSPS) is 23.0. The summed E-state index contributed by atoms with van der Waals surface area (Å²) < 4.78 is 32.4. The predicted octanol–water partition coefficient (Wildman–Crippen LogP) is 0.137. The van der Waals surface area contributed by atoms with E-state index in [1.165, 1.54) is 16.9 Å². The molecular formula is C18H27N3O5S. The van der Waals surface area contributed by atoms with Crippen LogP contribution in [0.4, 0.5) is 0 Å². The first-order valence-electron chi connectivity index (χ1n) is 9.13. The molecule has 2 saturated heterocycles. The molecule has 1 atom stereocenters. The van der Waals surface area contributed by atoms with Gasteiger partial charge in [-0.15, -0.1) is 0 Å². The zero-order chi connectivity index (χ0) is 19.7. The van der Waals surface area contributed by atoms with Crippen LogP contribution in [-0.4, -0.2) is 73.7 Å². The SMILES string of the molecule is COCC1CC2(CCN(C(=O)Cn3ccccc3=O)CC2)CN1S(C)(=O)=O. The number of hydrogen-bond donors (Lipinski definition) is 0. The van der Waals surface area contributed by atoms with Gasteiger partial charge in [-0.25, -0.2) is 8.42 Å². The molecule has 0 aromatic carbocycles. The highest BCUT2D eigenvalue weighted by Gasteiger charge is 2.48. The predicted molar refractivity (Wildman–Crippen MR) is 101 cm³/mol. The number of ether oxygens (including phenoxy) is 1. The number of methoxy groups -OCH3 is 1. The molecule has 1 aromatic rings. The number of piperidine rings is 1. The first-order valence-corrected chi connectivity index (χ1v) is 11.0. The molecule has 3 heterocycles. The maximum atomic E-state index is 12.6. The maximum absolute atomic E-state index is 12.6. The Morgan fingerprint density at radius 1 is 1.30 bits per heavy atom. The van der Waals surface area contributed by atoms with Gasteiger partial charge in [-0.05, 0) is 30.7 Å². The highest BCUT2D eigenvalue weighted by Crippen LogP contribution is 2.44. The van der Waals surface area contributed by atoms with Crippen LogP contribution in [0.3, 0.4) is 0 Å². The lowest BCUT2D eigenvalue weighted by molar-refractivity contribution is -0.134. The van der Waals surface area contributed by atoms with Crippen LogP contribution in [0.5, 0.6) is 0 Å². The van der Waals surface area contributed by atoms with Crippen LogP contribution in [0.15, 0.2) is 29.2 Å². The molecular weight excluding hydrogens is 370 g/mol. The monoisotopic (exact) mass is 397 g/mol. The summed E-state index contributed by atoms with van der Waals surface area (Å²) in [5.41, 5.74) is -0.298. The van der Waals surface area contributed by atoms with Crippen LogP contribution in [0.2, 0.25) is 0 Å². The summed E-state index contributed by atoms with van der Waals surface area (Å²) in [7, 11) is -1.71. The van der Waals surface area contributed by atoms with Crippen LogP contribution in [-0.2, 0) is 26.1 Å². The van der Waals surface area contributed by atoms with Crippen molar-refractivity contribution < 1.29 is 17.9 Å². The number of nitrogens with zero attached hydrogens (tertiary/aromatic N) is 3. The van der Waals surface area contributed by atoms with Gasteiger partial charge < -0.3 is 14.2 Å². The fourth-order valence-electron chi connectivity index (χ4n) is 4.28. The molecule has 0 aliphatic carbocycles. The van der Waals surface area contributed by atoms with Gasteiger partial charge in [0, 0.05) is 45.0 Å². The molecule has 0 N–H and O–H groups in total. The van der Waals surface area contributed by atoms with E-state index in [0.717, 1.165) is 19.3 Å². The quantitative estimate of drug-likeness (QED) is 0.705. The first kappa shape index (κ1) is 20.0. The van der Waals surface area contributed by atoms with Crippen molar-refractivity contribution >= 4 is 15.9 Å². The lowest BCUT2D eigenvalue weighted by Crippen LogP contribution is -2.46. The summed E-state index contributed by atoms with van der Waals surface area (Å²) in [5, 5.41) is 0. The molecule has 9 heteroatoms. The first-order chi connectivity index (χ1) is 12.7. The molecule has 8 nitrogen and oxygen atoms in total. The Morgan fingerprint density at radius 3 is 2.59 bits per heavy atom. The van der Waals surface area contributed by atoms with Gasteiger partial charge in [0.2, 0.25) is 15.9 Å². The second kappa shape index (κ2) is 7.73. The van der Waals surface area contributed by atoms with Crippen molar-refractivity contribution in [1.29, 1.82) is 0 Å². The second-order valence-electron chi connectivity index (χ2n) is 7.67. The molecule has 150 valence electrons. The van der Waals surface area contributed by atoms with E-state index in [-0.39, 0.29) is 29.5 Å². The molecule has 1 spiro atoms. The number of pyridine rings is 1. The minimum atomic E-state index is -3.29. The van der Waals surface area contributed by atoms with E-state index in [1.54, 1.807) is 34.6 Å². The van der Waals surface area contributed by atoms with E-state index in [2.05, 4.69) is 0 Å². The molecule has 1 unspecified atom stereocenters. The molecule has 27 heavy (non-hydrogen) atoms. The number of hydrogen-bond acceptors (Lipinski definition) is 5. The zero-order valence-corrected chi connectivity index (χ0v) is 16.7. The lowest BCUT2D eigenvalue weighted by Gasteiger charge is -2.39. The number of amides is 1. The Balaban J connectivity index is 1.63. The smallest absolute Gasteiger partial charge is 0.250 e.